The van der Waals surface area contributed by atoms with Gasteiger partial charge in [0.05, 0.1) is 18.4 Å². The van der Waals surface area contributed by atoms with Gasteiger partial charge in [-0.25, -0.2) is 4.79 Å². The fourth-order valence-corrected chi connectivity index (χ4v) is 2.80. The molecule has 0 aliphatic heterocycles. The number of aromatic amines is 1. The van der Waals surface area contributed by atoms with E-state index in [1.165, 1.54) is 20.1 Å². The van der Waals surface area contributed by atoms with Crippen LogP contribution in [0.2, 0.25) is 0 Å². The van der Waals surface area contributed by atoms with E-state index in [4.69, 9.17) is 4.74 Å². The average Bonchev–Trinajstić information content (AvgIpc) is 2.88. The van der Waals surface area contributed by atoms with Crippen molar-refractivity contribution in [3.8, 4) is 5.75 Å². The van der Waals surface area contributed by atoms with Gasteiger partial charge in [0.25, 0.3) is 0 Å². The van der Waals surface area contributed by atoms with Crippen molar-refractivity contribution in [1.29, 1.82) is 0 Å². The summed E-state index contributed by atoms with van der Waals surface area (Å²) in [7, 11) is 1.30. The van der Waals surface area contributed by atoms with Crippen LogP contribution in [0.1, 0.15) is 56.3 Å². The molecule has 1 aromatic heterocycles. The molecular weight excluding hydrogens is 322 g/mol. The van der Waals surface area contributed by atoms with Crippen LogP contribution in [0.3, 0.4) is 0 Å². The van der Waals surface area contributed by atoms with Crippen LogP contribution in [0.25, 0.3) is 0 Å². The lowest BCUT2D eigenvalue weighted by molar-refractivity contribution is 0.0600. The van der Waals surface area contributed by atoms with Gasteiger partial charge in [0, 0.05) is 11.3 Å². The number of hydrogen-bond donors (Lipinski definition) is 1. The normalized spacial score (nSPS) is 11.7. The lowest BCUT2D eigenvalue weighted by Crippen LogP contribution is -2.25. The Morgan fingerprint density at radius 2 is 1.84 bits per heavy atom. The summed E-state index contributed by atoms with van der Waals surface area (Å²) in [5.74, 6) is -0.455. The largest absolute Gasteiger partial charge is 0.482 e. The van der Waals surface area contributed by atoms with Gasteiger partial charge in [0.2, 0.25) is 5.78 Å². The van der Waals surface area contributed by atoms with Crippen molar-refractivity contribution < 1.29 is 23.9 Å². The van der Waals surface area contributed by atoms with Crippen LogP contribution >= 0.6 is 0 Å². The predicted molar refractivity (Wildman–Crippen MR) is 92.5 cm³/mol. The van der Waals surface area contributed by atoms with Crippen molar-refractivity contribution in [3.05, 3.63) is 52.3 Å². The highest BCUT2D eigenvalue weighted by atomic mass is 16.5. The number of carbonyl (C=O) groups is 3. The fourth-order valence-electron chi connectivity index (χ4n) is 2.80. The summed E-state index contributed by atoms with van der Waals surface area (Å²) < 4.78 is 10.3. The molecule has 132 valence electrons. The molecule has 6 nitrogen and oxygen atoms in total. The molecule has 2 aromatic rings. The summed E-state index contributed by atoms with van der Waals surface area (Å²) in [6.45, 7) is 6.58. The molecular formula is C19H21NO5. The summed E-state index contributed by atoms with van der Waals surface area (Å²) in [6.07, 6.45) is -0.788. The Balaban J connectivity index is 2.23. The smallest absolute Gasteiger partial charge is 0.337 e. The summed E-state index contributed by atoms with van der Waals surface area (Å²) in [5, 5.41) is 0. The van der Waals surface area contributed by atoms with Crippen LogP contribution in [0.15, 0.2) is 24.3 Å². The Morgan fingerprint density at radius 3 is 2.40 bits per heavy atom. The maximum Gasteiger partial charge on any atom is 0.337 e. The third kappa shape index (κ3) is 3.79. The lowest BCUT2D eigenvalue weighted by atomic mass is 10.0. The van der Waals surface area contributed by atoms with E-state index in [2.05, 4.69) is 9.72 Å². The third-order valence-electron chi connectivity index (χ3n) is 3.97. The number of Topliss-reactive ketones (excluding diaryl/α,β-unsaturated/α-hetero) is 2. The number of ketones is 2. The molecule has 0 bridgehead atoms. The Kier molecular flexibility index (Phi) is 5.41. The van der Waals surface area contributed by atoms with Crippen LogP contribution in [0, 0.1) is 13.8 Å². The highest BCUT2D eigenvalue weighted by Crippen LogP contribution is 2.22. The molecule has 6 heteroatoms. The highest BCUT2D eigenvalue weighted by molar-refractivity contribution is 6.04. The third-order valence-corrected chi connectivity index (χ3v) is 3.97. The van der Waals surface area contributed by atoms with Crippen LogP contribution in [0.5, 0.6) is 5.75 Å². The number of methoxy groups -OCH3 is 1. The van der Waals surface area contributed by atoms with Crippen molar-refractivity contribution in [2.24, 2.45) is 0 Å². The van der Waals surface area contributed by atoms with E-state index < -0.39 is 12.1 Å². The molecule has 2 rings (SSSR count). The first-order valence-corrected chi connectivity index (χ1v) is 7.85. The van der Waals surface area contributed by atoms with Crippen LogP contribution in [-0.4, -0.2) is 35.7 Å². The molecule has 1 heterocycles. The minimum atomic E-state index is -0.788. The molecule has 1 N–H and O–H groups in total. The highest BCUT2D eigenvalue weighted by Gasteiger charge is 2.25. The Morgan fingerprint density at radius 1 is 1.16 bits per heavy atom. The molecule has 0 aliphatic carbocycles. The first-order chi connectivity index (χ1) is 11.8. The van der Waals surface area contributed by atoms with Gasteiger partial charge in [0.1, 0.15) is 5.75 Å². The Hall–Kier alpha value is -2.89. The number of aromatic nitrogens is 1. The molecule has 0 saturated carbocycles. The standard InChI is InChI=1S/C19H21NO5/c1-10-16(12(3)21)11(2)20-17(10)18(22)13(4)25-15-8-6-7-14(9-15)19(23)24-5/h6-9,13,20H,1-5H3. The predicted octanol–water partition coefficient (Wildman–Crippen LogP) is 3.27. The first-order valence-electron chi connectivity index (χ1n) is 7.85. The number of rotatable bonds is 6. The monoisotopic (exact) mass is 343 g/mol. The number of nitrogens with one attached hydrogen (secondary N) is 1. The van der Waals surface area contributed by atoms with Crippen LogP contribution < -0.4 is 4.74 Å². The second-order valence-electron chi connectivity index (χ2n) is 5.82. The second-order valence-corrected chi connectivity index (χ2v) is 5.82. The van der Waals surface area contributed by atoms with E-state index >= 15 is 0 Å². The number of benzene rings is 1. The summed E-state index contributed by atoms with van der Waals surface area (Å²) in [6, 6.07) is 6.42. The minimum absolute atomic E-state index is 0.0929. The lowest BCUT2D eigenvalue weighted by Gasteiger charge is -2.14. The maximum absolute atomic E-state index is 12.7. The number of H-pyrrole nitrogens is 1. The molecule has 0 saturated heterocycles. The Bertz CT molecular complexity index is 834. The minimum Gasteiger partial charge on any atom is -0.482 e. The topological polar surface area (TPSA) is 85.5 Å². The molecule has 0 fully saturated rings. The van der Waals surface area contributed by atoms with E-state index in [9.17, 15) is 14.4 Å². The zero-order valence-corrected chi connectivity index (χ0v) is 14.9. The molecule has 1 atom stereocenters. The van der Waals surface area contributed by atoms with Crippen molar-refractivity contribution in [1.82, 2.24) is 4.98 Å². The summed E-state index contributed by atoms with van der Waals surface area (Å²) in [5.41, 5.74) is 2.51. The van der Waals surface area contributed by atoms with Gasteiger partial charge in [-0.1, -0.05) is 6.07 Å². The van der Waals surface area contributed by atoms with Crippen molar-refractivity contribution in [3.63, 3.8) is 0 Å². The van der Waals surface area contributed by atoms with E-state index in [0.717, 1.165) is 0 Å². The zero-order chi connectivity index (χ0) is 18.7. The van der Waals surface area contributed by atoms with Gasteiger partial charge in [-0.3, -0.25) is 9.59 Å². The number of carbonyl (C=O) groups excluding carboxylic acids is 3. The quantitative estimate of drug-likeness (QED) is 0.643. The molecule has 0 radical (unpaired) electrons. The maximum atomic E-state index is 12.7. The molecule has 0 spiro atoms. The van der Waals surface area contributed by atoms with E-state index in [1.807, 2.05) is 0 Å². The summed E-state index contributed by atoms with van der Waals surface area (Å²) >= 11 is 0. The fraction of sp³-hybridized carbons (Fsp3) is 0.316. The van der Waals surface area contributed by atoms with Gasteiger partial charge < -0.3 is 14.5 Å². The number of aryl methyl sites for hydroxylation is 1. The van der Waals surface area contributed by atoms with Gasteiger partial charge in [-0.05, 0) is 51.5 Å². The Labute approximate surface area is 146 Å². The number of ether oxygens (including phenoxy) is 2. The van der Waals surface area contributed by atoms with E-state index in [0.29, 0.717) is 33.8 Å². The van der Waals surface area contributed by atoms with Gasteiger partial charge in [-0.2, -0.15) is 0 Å². The van der Waals surface area contributed by atoms with E-state index in [-0.39, 0.29) is 11.6 Å². The van der Waals surface area contributed by atoms with Crippen LogP contribution in [0.4, 0.5) is 0 Å². The molecule has 0 aliphatic rings. The number of hydrogen-bond acceptors (Lipinski definition) is 5. The van der Waals surface area contributed by atoms with Crippen LogP contribution in [-0.2, 0) is 4.74 Å². The van der Waals surface area contributed by atoms with Crippen molar-refractivity contribution in [2.75, 3.05) is 7.11 Å². The number of esters is 1. The van der Waals surface area contributed by atoms with Crippen molar-refractivity contribution >= 4 is 17.5 Å². The molecule has 1 unspecified atom stereocenters. The zero-order valence-electron chi connectivity index (χ0n) is 14.9. The van der Waals surface area contributed by atoms with Crippen molar-refractivity contribution in [2.45, 2.75) is 33.8 Å². The van der Waals surface area contributed by atoms with Gasteiger partial charge in [0.15, 0.2) is 11.9 Å². The molecule has 25 heavy (non-hydrogen) atoms. The molecule has 0 amide bonds. The van der Waals surface area contributed by atoms with E-state index in [1.54, 1.807) is 39.0 Å². The average molecular weight is 343 g/mol. The summed E-state index contributed by atoms with van der Waals surface area (Å²) in [4.78, 5) is 38.9. The molecule has 1 aromatic carbocycles. The second kappa shape index (κ2) is 7.34. The first kappa shape index (κ1) is 18.4. The SMILES string of the molecule is COC(=O)c1cccc(OC(C)C(=O)c2[nH]c(C)c(C(C)=O)c2C)c1. The van der Waals surface area contributed by atoms with Gasteiger partial charge in [-0.15, -0.1) is 0 Å². The van der Waals surface area contributed by atoms with Gasteiger partial charge >= 0.3 is 5.97 Å².